The van der Waals surface area contributed by atoms with E-state index < -0.39 is 0 Å². The van der Waals surface area contributed by atoms with Crippen LogP contribution < -0.4 is 5.73 Å². The van der Waals surface area contributed by atoms with Crippen molar-refractivity contribution in [3.8, 4) is 11.8 Å². The minimum Gasteiger partial charge on any atom is -0.335 e. The van der Waals surface area contributed by atoms with Crippen molar-refractivity contribution in [1.29, 1.82) is 0 Å². The summed E-state index contributed by atoms with van der Waals surface area (Å²) in [5, 5.41) is 0. The number of likely N-dealkylation sites (tertiary alicyclic amines) is 1. The predicted molar refractivity (Wildman–Crippen MR) is 79.1 cm³/mol. The maximum absolute atomic E-state index is 12.7. The summed E-state index contributed by atoms with van der Waals surface area (Å²) in [6.45, 7) is 5.44. The Morgan fingerprint density at radius 1 is 1.60 bits per heavy atom. The average Bonchev–Trinajstić information content (AvgIpc) is 2.94. The third-order valence-electron chi connectivity index (χ3n) is 3.71. The van der Waals surface area contributed by atoms with Gasteiger partial charge in [-0.1, -0.05) is 25.7 Å². The molecular weight excluding hydrogens is 250 g/mol. The number of pyridine rings is 1. The van der Waals surface area contributed by atoms with Gasteiger partial charge in [0.05, 0.1) is 17.7 Å². The van der Waals surface area contributed by atoms with E-state index in [1.54, 1.807) is 18.5 Å². The van der Waals surface area contributed by atoms with Gasteiger partial charge in [0.1, 0.15) is 0 Å². The number of hydrogen-bond donors (Lipinski definition) is 1. The molecule has 0 spiro atoms. The Bertz CT molecular complexity index is 542. The van der Waals surface area contributed by atoms with E-state index in [0.29, 0.717) is 23.1 Å². The van der Waals surface area contributed by atoms with Crippen molar-refractivity contribution in [2.45, 2.75) is 32.7 Å². The first-order chi connectivity index (χ1) is 9.65. The zero-order valence-corrected chi connectivity index (χ0v) is 12.1. The van der Waals surface area contributed by atoms with Gasteiger partial charge in [0.2, 0.25) is 0 Å². The molecule has 1 fully saturated rings. The molecule has 0 bridgehead atoms. The molecule has 1 aromatic heterocycles. The monoisotopic (exact) mass is 271 g/mol. The van der Waals surface area contributed by atoms with Crippen LogP contribution >= 0.6 is 0 Å². The largest absolute Gasteiger partial charge is 0.335 e. The second kappa shape index (κ2) is 6.53. The van der Waals surface area contributed by atoms with Crippen molar-refractivity contribution in [2.75, 3.05) is 13.1 Å². The number of carbonyl (C=O) groups is 1. The maximum Gasteiger partial charge on any atom is 0.255 e. The zero-order valence-electron chi connectivity index (χ0n) is 12.1. The Morgan fingerprint density at radius 3 is 3.10 bits per heavy atom. The van der Waals surface area contributed by atoms with Crippen LogP contribution in [0.2, 0.25) is 0 Å². The van der Waals surface area contributed by atoms with Gasteiger partial charge in [-0.05, 0) is 24.8 Å². The van der Waals surface area contributed by atoms with Crippen molar-refractivity contribution in [2.24, 2.45) is 11.7 Å². The van der Waals surface area contributed by atoms with Gasteiger partial charge in [0, 0.05) is 25.0 Å². The molecule has 1 saturated heterocycles. The Hall–Kier alpha value is -1.86. The molecule has 0 radical (unpaired) electrons. The van der Waals surface area contributed by atoms with Crippen LogP contribution in [-0.4, -0.2) is 34.9 Å². The van der Waals surface area contributed by atoms with Gasteiger partial charge in [-0.25, -0.2) is 0 Å². The number of carbonyl (C=O) groups excluding carboxylic acids is 1. The maximum atomic E-state index is 12.7. The summed E-state index contributed by atoms with van der Waals surface area (Å²) < 4.78 is 0. The minimum atomic E-state index is 0.0601. The standard InChI is InChI=1S/C16H21N3O/c1-12(2)15-6-4-10-19(15)16(20)14-7-9-18-11-13(14)5-3-8-17/h7,9,11-12,15H,4,6,8,10,17H2,1-2H3. The second-order valence-electron chi connectivity index (χ2n) is 5.38. The first-order valence-corrected chi connectivity index (χ1v) is 7.09. The Labute approximate surface area is 120 Å². The molecule has 2 heterocycles. The molecule has 2 N–H and O–H groups in total. The third-order valence-corrected chi connectivity index (χ3v) is 3.71. The minimum absolute atomic E-state index is 0.0601. The van der Waals surface area contributed by atoms with Gasteiger partial charge in [-0.3, -0.25) is 9.78 Å². The Balaban J connectivity index is 2.29. The van der Waals surface area contributed by atoms with E-state index in [4.69, 9.17) is 5.73 Å². The highest BCUT2D eigenvalue weighted by atomic mass is 16.2. The highest BCUT2D eigenvalue weighted by Crippen LogP contribution is 2.26. The van der Waals surface area contributed by atoms with E-state index in [0.717, 1.165) is 19.4 Å². The predicted octanol–water partition coefficient (Wildman–Crippen LogP) is 1.65. The Morgan fingerprint density at radius 2 is 2.40 bits per heavy atom. The zero-order chi connectivity index (χ0) is 14.5. The van der Waals surface area contributed by atoms with Gasteiger partial charge in [-0.15, -0.1) is 0 Å². The lowest BCUT2D eigenvalue weighted by atomic mass is 10.0. The normalized spacial score (nSPS) is 18.0. The van der Waals surface area contributed by atoms with Gasteiger partial charge < -0.3 is 10.6 Å². The van der Waals surface area contributed by atoms with Crippen LogP contribution in [0.4, 0.5) is 0 Å². The van der Waals surface area contributed by atoms with Crippen LogP contribution in [0, 0.1) is 17.8 Å². The SMILES string of the molecule is CC(C)C1CCCN1C(=O)c1ccncc1C#CCN. The molecule has 0 aliphatic carbocycles. The first kappa shape index (κ1) is 14.5. The molecule has 1 atom stereocenters. The van der Waals surface area contributed by atoms with Crippen LogP contribution in [0.3, 0.4) is 0 Å². The van der Waals surface area contributed by atoms with Crippen molar-refractivity contribution in [1.82, 2.24) is 9.88 Å². The van der Waals surface area contributed by atoms with E-state index in [1.165, 1.54) is 0 Å². The quantitative estimate of drug-likeness (QED) is 0.832. The van der Waals surface area contributed by atoms with Crippen LogP contribution in [0.15, 0.2) is 18.5 Å². The molecule has 0 saturated carbocycles. The van der Waals surface area contributed by atoms with Gasteiger partial charge in [-0.2, -0.15) is 0 Å². The number of nitrogens with zero attached hydrogens (tertiary/aromatic N) is 2. The van der Waals surface area contributed by atoms with Gasteiger partial charge in [0.25, 0.3) is 5.91 Å². The molecular formula is C16H21N3O. The number of aromatic nitrogens is 1. The summed E-state index contributed by atoms with van der Waals surface area (Å²) in [5.74, 6) is 6.26. The van der Waals surface area contributed by atoms with E-state index in [2.05, 4.69) is 30.7 Å². The van der Waals surface area contributed by atoms with Gasteiger partial charge >= 0.3 is 0 Å². The van der Waals surface area contributed by atoms with Crippen molar-refractivity contribution in [3.05, 3.63) is 29.6 Å². The highest BCUT2D eigenvalue weighted by Gasteiger charge is 2.32. The van der Waals surface area contributed by atoms with E-state index in [1.807, 2.05) is 4.90 Å². The summed E-state index contributed by atoms with van der Waals surface area (Å²) in [7, 11) is 0. The first-order valence-electron chi connectivity index (χ1n) is 7.09. The molecule has 1 amide bonds. The van der Waals surface area contributed by atoms with E-state index >= 15 is 0 Å². The molecule has 4 heteroatoms. The lowest BCUT2D eigenvalue weighted by Crippen LogP contribution is -2.38. The molecule has 1 aliphatic rings. The number of amides is 1. The fourth-order valence-corrected chi connectivity index (χ4v) is 2.72. The summed E-state index contributed by atoms with van der Waals surface area (Å²) in [5.41, 5.74) is 6.69. The molecule has 1 unspecified atom stereocenters. The fourth-order valence-electron chi connectivity index (χ4n) is 2.72. The van der Waals surface area contributed by atoms with E-state index in [9.17, 15) is 4.79 Å². The number of rotatable bonds is 2. The van der Waals surface area contributed by atoms with E-state index in [-0.39, 0.29) is 12.5 Å². The van der Waals surface area contributed by atoms with Crippen molar-refractivity contribution < 1.29 is 4.79 Å². The number of nitrogens with two attached hydrogens (primary N) is 1. The summed E-state index contributed by atoms with van der Waals surface area (Å²) in [4.78, 5) is 18.8. The van der Waals surface area contributed by atoms with Crippen molar-refractivity contribution in [3.63, 3.8) is 0 Å². The average molecular weight is 271 g/mol. The van der Waals surface area contributed by atoms with Gasteiger partial charge in [0.15, 0.2) is 0 Å². The molecule has 1 aromatic rings. The van der Waals surface area contributed by atoms with Crippen LogP contribution in [0.25, 0.3) is 0 Å². The molecule has 0 aromatic carbocycles. The fraction of sp³-hybridized carbons (Fsp3) is 0.500. The lowest BCUT2D eigenvalue weighted by Gasteiger charge is -2.28. The molecule has 1 aliphatic heterocycles. The summed E-state index contributed by atoms with van der Waals surface area (Å²) in [6, 6.07) is 2.07. The second-order valence-corrected chi connectivity index (χ2v) is 5.38. The summed E-state index contributed by atoms with van der Waals surface area (Å²) >= 11 is 0. The van der Waals surface area contributed by atoms with Crippen LogP contribution in [-0.2, 0) is 0 Å². The molecule has 2 rings (SSSR count). The van der Waals surface area contributed by atoms with Crippen molar-refractivity contribution >= 4 is 5.91 Å². The lowest BCUT2D eigenvalue weighted by molar-refractivity contribution is 0.0701. The molecule has 4 nitrogen and oxygen atoms in total. The number of hydrogen-bond acceptors (Lipinski definition) is 3. The smallest absolute Gasteiger partial charge is 0.255 e. The van der Waals surface area contributed by atoms with Crippen LogP contribution in [0.1, 0.15) is 42.6 Å². The Kier molecular flexibility index (Phi) is 4.75. The highest BCUT2D eigenvalue weighted by molar-refractivity contribution is 5.97. The molecule has 106 valence electrons. The summed E-state index contributed by atoms with van der Waals surface area (Å²) in [6.07, 6.45) is 5.43. The topological polar surface area (TPSA) is 59.2 Å². The third kappa shape index (κ3) is 3.00. The van der Waals surface area contributed by atoms with Crippen LogP contribution in [0.5, 0.6) is 0 Å². The molecule has 20 heavy (non-hydrogen) atoms.